The zero-order valence-electron chi connectivity index (χ0n) is 12.7. The van der Waals surface area contributed by atoms with E-state index in [1.54, 1.807) is 13.1 Å². The van der Waals surface area contributed by atoms with E-state index in [0.717, 1.165) is 24.0 Å². The number of carbonyl (C=O) groups is 1. The highest BCUT2D eigenvalue weighted by Crippen LogP contribution is 2.15. The highest BCUT2D eigenvalue weighted by Gasteiger charge is 2.17. The Bertz CT molecular complexity index is 703. The predicted molar refractivity (Wildman–Crippen MR) is 78.1 cm³/mol. The van der Waals surface area contributed by atoms with Crippen molar-refractivity contribution in [3.05, 3.63) is 39.5 Å². The van der Waals surface area contributed by atoms with E-state index in [1.165, 1.54) is 4.68 Å². The zero-order valence-corrected chi connectivity index (χ0v) is 12.7. The van der Waals surface area contributed by atoms with Crippen molar-refractivity contribution in [2.75, 3.05) is 0 Å². The Morgan fingerprint density at radius 1 is 1.27 bits per heavy atom. The summed E-state index contributed by atoms with van der Waals surface area (Å²) in [6, 6.07) is 0. The SMILES string of the molecule is CCn1ncc(CNC(=O)Cn2ncc([N+](=O)[O-])c2C)c1C. The van der Waals surface area contributed by atoms with Crippen LogP contribution < -0.4 is 5.32 Å². The van der Waals surface area contributed by atoms with Crippen molar-refractivity contribution in [1.82, 2.24) is 24.9 Å². The molecule has 2 heterocycles. The molecule has 1 N–H and O–H groups in total. The molecule has 0 fully saturated rings. The lowest BCUT2D eigenvalue weighted by molar-refractivity contribution is -0.385. The Labute approximate surface area is 127 Å². The third-order valence-electron chi connectivity index (χ3n) is 3.55. The second-order valence-electron chi connectivity index (χ2n) is 4.88. The first-order chi connectivity index (χ1) is 10.4. The number of carbonyl (C=O) groups excluding carboxylic acids is 1. The van der Waals surface area contributed by atoms with Crippen LogP contribution in [0.4, 0.5) is 5.69 Å². The monoisotopic (exact) mass is 306 g/mol. The van der Waals surface area contributed by atoms with Gasteiger partial charge in [-0.15, -0.1) is 0 Å². The highest BCUT2D eigenvalue weighted by molar-refractivity contribution is 5.75. The fourth-order valence-electron chi connectivity index (χ4n) is 2.14. The zero-order chi connectivity index (χ0) is 16.3. The smallest absolute Gasteiger partial charge is 0.309 e. The number of amides is 1. The third-order valence-corrected chi connectivity index (χ3v) is 3.55. The molecule has 0 radical (unpaired) electrons. The Balaban J connectivity index is 1.96. The van der Waals surface area contributed by atoms with Crippen LogP contribution in [0.5, 0.6) is 0 Å². The maximum absolute atomic E-state index is 11.9. The largest absolute Gasteiger partial charge is 0.350 e. The van der Waals surface area contributed by atoms with Crippen molar-refractivity contribution >= 4 is 11.6 Å². The number of nitro groups is 1. The molecule has 22 heavy (non-hydrogen) atoms. The Kier molecular flexibility index (Phi) is 4.54. The number of hydrogen-bond donors (Lipinski definition) is 1. The maximum atomic E-state index is 11.9. The van der Waals surface area contributed by atoms with Gasteiger partial charge in [-0.05, 0) is 20.8 Å². The van der Waals surface area contributed by atoms with Gasteiger partial charge in [-0.25, -0.2) is 0 Å². The van der Waals surface area contributed by atoms with Crippen molar-refractivity contribution in [2.24, 2.45) is 0 Å². The molecule has 0 aromatic carbocycles. The van der Waals surface area contributed by atoms with Crippen molar-refractivity contribution in [2.45, 2.75) is 40.4 Å². The summed E-state index contributed by atoms with van der Waals surface area (Å²) in [5.41, 5.74) is 2.22. The van der Waals surface area contributed by atoms with E-state index in [1.807, 2.05) is 18.5 Å². The standard InChI is InChI=1S/C13H18N6O3/c1-4-17-9(2)11(6-15-17)5-14-13(20)8-18-10(3)12(7-16-18)19(21)22/h6-7H,4-5,8H2,1-3H3,(H,14,20). The summed E-state index contributed by atoms with van der Waals surface area (Å²) in [7, 11) is 0. The molecular weight excluding hydrogens is 288 g/mol. The van der Waals surface area contributed by atoms with Crippen LogP contribution in [-0.4, -0.2) is 30.4 Å². The summed E-state index contributed by atoms with van der Waals surface area (Å²) >= 11 is 0. The summed E-state index contributed by atoms with van der Waals surface area (Å²) in [6.45, 7) is 6.59. The molecule has 0 saturated carbocycles. The molecule has 0 unspecified atom stereocenters. The number of nitrogens with one attached hydrogen (secondary N) is 1. The van der Waals surface area contributed by atoms with E-state index >= 15 is 0 Å². The van der Waals surface area contributed by atoms with Crippen LogP contribution in [0.3, 0.4) is 0 Å². The summed E-state index contributed by atoms with van der Waals surface area (Å²) in [4.78, 5) is 22.2. The predicted octanol–water partition coefficient (Wildman–Crippen LogP) is 0.941. The highest BCUT2D eigenvalue weighted by atomic mass is 16.6. The maximum Gasteiger partial charge on any atom is 0.309 e. The average molecular weight is 306 g/mol. The molecule has 0 bridgehead atoms. The lowest BCUT2D eigenvalue weighted by Gasteiger charge is -2.06. The molecule has 0 saturated heterocycles. The van der Waals surface area contributed by atoms with Crippen molar-refractivity contribution in [3.8, 4) is 0 Å². The van der Waals surface area contributed by atoms with Crippen LogP contribution >= 0.6 is 0 Å². The van der Waals surface area contributed by atoms with Gasteiger partial charge in [0, 0.05) is 24.3 Å². The lowest BCUT2D eigenvalue weighted by atomic mass is 10.2. The average Bonchev–Trinajstić information content (AvgIpc) is 3.01. The molecule has 2 rings (SSSR count). The van der Waals surface area contributed by atoms with E-state index in [9.17, 15) is 14.9 Å². The number of nitrogens with zero attached hydrogens (tertiary/aromatic N) is 5. The van der Waals surface area contributed by atoms with Crippen LogP contribution in [0.15, 0.2) is 12.4 Å². The van der Waals surface area contributed by atoms with Gasteiger partial charge in [0.05, 0.1) is 11.1 Å². The second kappa shape index (κ2) is 6.37. The molecular formula is C13H18N6O3. The molecule has 0 aliphatic rings. The van der Waals surface area contributed by atoms with Gasteiger partial charge >= 0.3 is 5.69 Å². The van der Waals surface area contributed by atoms with E-state index in [4.69, 9.17) is 0 Å². The lowest BCUT2D eigenvalue weighted by Crippen LogP contribution is -2.28. The van der Waals surface area contributed by atoms with Crippen molar-refractivity contribution < 1.29 is 9.72 Å². The first-order valence-corrected chi connectivity index (χ1v) is 6.88. The molecule has 118 valence electrons. The summed E-state index contributed by atoms with van der Waals surface area (Å²) in [5, 5.41) is 21.6. The van der Waals surface area contributed by atoms with E-state index in [-0.39, 0.29) is 18.1 Å². The molecule has 9 nitrogen and oxygen atoms in total. The minimum atomic E-state index is -0.515. The van der Waals surface area contributed by atoms with Gasteiger partial charge in [0.1, 0.15) is 18.4 Å². The van der Waals surface area contributed by atoms with Crippen LogP contribution in [0.25, 0.3) is 0 Å². The van der Waals surface area contributed by atoms with Crippen LogP contribution in [0.1, 0.15) is 23.9 Å². The molecule has 2 aromatic rings. The molecule has 1 amide bonds. The molecule has 0 aliphatic heterocycles. The Morgan fingerprint density at radius 2 is 1.95 bits per heavy atom. The first kappa shape index (κ1) is 15.7. The minimum Gasteiger partial charge on any atom is -0.350 e. The van der Waals surface area contributed by atoms with Gasteiger partial charge in [-0.2, -0.15) is 10.2 Å². The molecule has 0 spiro atoms. The topological polar surface area (TPSA) is 108 Å². The van der Waals surface area contributed by atoms with Gasteiger partial charge in [0.25, 0.3) is 0 Å². The number of rotatable bonds is 6. The number of hydrogen-bond acceptors (Lipinski definition) is 5. The van der Waals surface area contributed by atoms with E-state index in [2.05, 4.69) is 15.5 Å². The Morgan fingerprint density at radius 3 is 2.50 bits per heavy atom. The van der Waals surface area contributed by atoms with E-state index < -0.39 is 4.92 Å². The summed E-state index contributed by atoms with van der Waals surface area (Å²) in [5.74, 6) is -0.259. The number of aromatic nitrogens is 4. The van der Waals surface area contributed by atoms with Gasteiger partial charge < -0.3 is 5.32 Å². The van der Waals surface area contributed by atoms with Crippen molar-refractivity contribution in [1.29, 1.82) is 0 Å². The molecule has 9 heteroatoms. The van der Waals surface area contributed by atoms with Gasteiger partial charge in [-0.1, -0.05) is 0 Å². The molecule has 0 atom stereocenters. The van der Waals surface area contributed by atoms with Crippen LogP contribution in [0.2, 0.25) is 0 Å². The molecule has 0 aliphatic carbocycles. The van der Waals surface area contributed by atoms with Gasteiger partial charge in [0.2, 0.25) is 5.91 Å². The van der Waals surface area contributed by atoms with Gasteiger partial charge in [-0.3, -0.25) is 24.3 Å². The number of aryl methyl sites for hydroxylation is 1. The fourth-order valence-corrected chi connectivity index (χ4v) is 2.14. The van der Waals surface area contributed by atoms with E-state index in [0.29, 0.717) is 12.2 Å². The fraction of sp³-hybridized carbons (Fsp3) is 0.462. The summed E-state index contributed by atoms with van der Waals surface area (Å²) < 4.78 is 3.16. The van der Waals surface area contributed by atoms with Gasteiger partial charge in [0.15, 0.2) is 0 Å². The van der Waals surface area contributed by atoms with Crippen LogP contribution in [0, 0.1) is 24.0 Å². The van der Waals surface area contributed by atoms with Crippen LogP contribution in [-0.2, 0) is 24.4 Å². The minimum absolute atomic E-state index is 0.0549. The summed E-state index contributed by atoms with van der Waals surface area (Å²) in [6.07, 6.45) is 2.88. The Hall–Kier alpha value is -2.71. The first-order valence-electron chi connectivity index (χ1n) is 6.88. The normalized spacial score (nSPS) is 10.7. The second-order valence-corrected chi connectivity index (χ2v) is 4.88. The third kappa shape index (κ3) is 3.13. The quantitative estimate of drug-likeness (QED) is 0.631. The van der Waals surface area contributed by atoms with Crippen molar-refractivity contribution in [3.63, 3.8) is 0 Å². The molecule has 2 aromatic heterocycles.